The van der Waals surface area contributed by atoms with E-state index < -0.39 is 0 Å². The van der Waals surface area contributed by atoms with E-state index in [2.05, 4.69) is 10.9 Å². The van der Waals surface area contributed by atoms with Gasteiger partial charge in [-0.05, 0) is 6.92 Å². The molecule has 0 spiro atoms. The third kappa shape index (κ3) is 1.50. The van der Waals surface area contributed by atoms with E-state index in [0.717, 1.165) is 11.3 Å². The minimum atomic E-state index is 0.604. The number of hydrogen-bond acceptors (Lipinski definition) is 2. The highest BCUT2D eigenvalue weighted by Crippen LogP contribution is 2.15. The lowest BCUT2D eigenvalue weighted by atomic mass is 10.2. The number of rotatable bonds is 1. The van der Waals surface area contributed by atoms with Gasteiger partial charge >= 0.3 is 0 Å². The number of methoxy groups -OCH3 is 1. The van der Waals surface area contributed by atoms with Crippen LogP contribution in [0.5, 0.6) is 5.75 Å². The molecule has 0 aliphatic heterocycles. The molecule has 0 N–H and O–H groups in total. The molecule has 56 valence electrons. The monoisotopic (exact) mass is 147 g/mol. The molecule has 0 unspecified atom stereocenters. The molecule has 2 heteroatoms. The molecular formula is C9H9NO. The summed E-state index contributed by atoms with van der Waals surface area (Å²) in [6, 6.07) is 1.75. The van der Waals surface area contributed by atoms with Gasteiger partial charge in [-0.3, -0.25) is 0 Å². The number of hydrogen-bond donors (Lipinski definition) is 0. The smallest absolute Gasteiger partial charge is 0.126 e. The van der Waals surface area contributed by atoms with Crippen LogP contribution in [-0.4, -0.2) is 12.1 Å². The van der Waals surface area contributed by atoms with Gasteiger partial charge in [-0.15, -0.1) is 6.42 Å². The van der Waals surface area contributed by atoms with Crippen molar-refractivity contribution in [1.29, 1.82) is 0 Å². The van der Waals surface area contributed by atoms with E-state index in [-0.39, 0.29) is 0 Å². The zero-order valence-electron chi connectivity index (χ0n) is 6.59. The van der Waals surface area contributed by atoms with Crippen molar-refractivity contribution in [3.63, 3.8) is 0 Å². The summed E-state index contributed by atoms with van der Waals surface area (Å²) in [5, 5.41) is 0. The van der Waals surface area contributed by atoms with E-state index in [1.807, 2.05) is 6.92 Å². The summed E-state index contributed by atoms with van der Waals surface area (Å²) in [6.45, 7) is 1.92. The quantitative estimate of drug-likeness (QED) is 0.560. The Morgan fingerprint density at radius 3 is 2.91 bits per heavy atom. The molecule has 0 aliphatic carbocycles. The van der Waals surface area contributed by atoms with Crippen LogP contribution in [0.1, 0.15) is 11.3 Å². The van der Waals surface area contributed by atoms with Gasteiger partial charge in [-0.1, -0.05) is 5.92 Å². The lowest BCUT2D eigenvalue weighted by Crippen LogP contribution is -1.90. The first-order chi connectivity index (χ1) is 5.27. The number of aryl methyl sites for hydroxylation is 1. The predicted octanol–water partition coefficient (Wildman–Crippen LogP) is 1.38. The molecule has 0 bridgehead atoms. The van der Waals surface area contributed by atoms with Crippen LogP contribution in [-0.2, 0) is 0 Å². The van der Waals surface area contributed by atoms with Crippen LogP contribution >= 0.6 is 0 Å². The van der Waals surface area contributed by atoms with Crippen LogP contribution in [0.25, 0.3) is 0 Å². The van der Waals surface area contributed by atoms with Gasteiger partial charge in [0, 0.05) is 17.8 Å². The molecule has 0 aromatic carbocycles. The first-order valence-electron chi connectivity index (χ1n) is 3.25. The first-order valence-corrected chi connectivity index (χ1v) is 3.25. The first kappa shape index (κ1) is 7.62. The number of ether oxygens (including phenoxy) is 1. The zero-order chi connectivity index (χ0) is 8.27. The molecule has 0 fully saturated rings. The van der Waals surface area contributed by atoms with Gasteiger partial charge in [-0.25, -0.2) is 4.98 Å². The van der Waals surface area contributed by atoms with Gasteiger partial charge in [0.25, 0.3) is 0 Å². The molecule has 0 saturated heterocycles. The number of aromatic nitrogens is 1. The third-order valence-electron chi connectivity index (χ3n) is 1.42. The van der Waals surface area contributed by atoms with Gasteiger partial charge in [0.1, 0.15) is 11.4 Å². The Balaban J connectivity index is 3.15. The van der Waals surface area contributed by atoms with Crippen molar-refractivity contribution in [2.45, 2.75) is 6.92 Å². The van der Waals surface area contributed by atoms with Crippen molar-refractivity contribution in [3.8, 4) is 18.1 Å². The van der Waals surface area contributed by atoms with Crippen molar-refractivity contribution < 1.29 is 4.74 Å². The lowest BCUT2D eigenvalue weighted by Gasteiger charge is -2.02. The highest BCUT2D eigenvalue weighted by Gasteiger charge is 1.97. The molecule has 0 aliphatic rings. The summed E-state index contributed by atoms with van der Waals surface area (Å²) < 4.78 is 5.05. The van der Waals surface area contributed by atoms with E-state index in [9.17, 15) is 0 Å². The van der Waals surface area contributed by atoms with Crippen molar-refractivity contribution >= 4 is 0 Å². The fourth-order valence-electron chi connectivity index (χ4n) is 0.804. The standard InChI is InChI=1S/C9H9NO/c1-4-8-5-9(11-3)7(2)6-10-8/h1,5-6H,2-3H3. The van der Waals surface area contributed by atoms with Gasteiger partial charge in [0.05, 0.1) is 7.11 Å². The van der Waals surface area contributed by atoms with Crippen molar-refractivity contribution in [1.82, 2.24) is 4.98 Å². The Morgan fingerprint density at radius 2 is 2.36 bits per heavy atom. The predicted molar refractivity (Wildman–Crippen MR) is 43.5 cm³/mol. The van der Waals surface area contributed by atoms with Crippen LogP contribution < -0.4 is 4.74 Å². The minimum absolute atomic E-state index is 0.604. The zero-order valence-corrected chi connectivity index (χ0v) is 6.59. The number of nitrogens with zero attached hydrogens (tertiary/aromatic N) is 1. The van der Waals surface area contributed by atoms with E-state index in [1.165, 1.54) is 0 Å². The Hall–Kier alpha value is -1.49. The fourth-order valence-corrected chi connectivity index (χ4v) is 0.804. The van der Waals surface area contributed by atoms with E-state index in [4.69, 9.17) is 11.2 Å². The normalized spacial score (nSPS) is 8.82. The largest absolute Gasteiger partial charge is 0.496 e. The van der Waals surface area contributed by atoms with Crippen LogP contribution in [0.4, 0.5) is 0 Å². The average Bonchev–Trinajstić information content (AvgIpc) is 2.05. The third-order valence-corrected chi connectivity index (χ3v) is 1.42. The Bertz CT molecular complexity index is 299. The number of pyridine rings is 1. The summed E-state index contributed by atoms with van der Waals surface area (Å²) in [7, 11) is 1.61. The Morgan fingerprint density at radius 1 is 1.64 bits per heavy atom. The second-order valence-corrected chi connectivity index (χ2v) is 2.18. The minimum Gasteiger partial charge on any atom is -0.496 e. The molecule has 1 aromatic rings. The summed E-state index contributed by atoms with van der Waals surface area (Å²) in [6.07, 6.45) is 6.86. The van der Waals surface area contributed by atoms with Crippen LogP contribution in [0, 0.1) is 19.3 Å². The summed E-state index contributed by atoms with van der Waals surface area (Å²) in [5.41, 5.74) is 1.60. The van der Waals surface area contributed by atoms with E-state index in [0.29, 0.717) is 5.69 Å². The topological polar surface area (TPSA) is 22.1 Å². The van der Waals surface area contributed by atoms with Gasteiger partial charge in [0.15, 0.2) is 0 Å². The highest BCUT2D eigenvalue weighted by atomic mass is 16.5. The van der Waals surface area contributed by atoms with Crippen LogP contribution in [0.15, 0.2) is 12.3 Å². The highest BCUT2D eigenvalue weighted by molar-refractivity contribution is 5.37. The summed E-state index contributed by atoms with van der Waals surface area (Å²) >= 11 is 0. The van der Waals surface area contributed by atoms with E-state index >= 15 is 0 Å². The van der Waals surface area contributed by atoms with Crippen molar-refractivity contribution in [3.05, 3.63) is 23.5 Å². The molecule has 1 rings (SSSR count). The summed E-state index contributed by atoms with van der Waals surface area (Å²) in [4.78, 5) is 3.99. The van der Waals surface area contributed by atoms with Crippen LogP contribution in [0.2, 0.25) is 0 Å². The number of terminal acetylenes is 1. The second kappa shape index (κ2) is 3.07. The second-order valence-electron chi connectivity index (χ2n) is 2.18. The van der Waals surface area contributed by atoms with Crippen molar-refractivity contribution in [2.24, 2.45) is 0 Å². The maximum absolute atomic E-state index is 5.16. The Labute approximate surface area is 66.2 Å². The lowest BCUT2D eigenvalue weighted by molar-refractivity contribution is 0.411. The molecule has 1 aromatic heterocycles. The Kier molecular flexibility index (Phi) is 2.12. The molecule has 0 saturated carbocycles. The average molecular weight is 147 g/mol. The maximum Gasteiger partial charge on any atom is 0.126 e. The van der Waals surface area contributed by atoms with Gasteiger partial charge < -0.3 is 4.74 Å². The molecule has 0 radical (unpaired) electrons. The summed E-state index contributed by atoms with van der Waals surface area (Å²) in [5.74, 6) is 3.22. The fraction of sp³-hybridized carbons (Fsp3) is 0.222. The molecule has 0 amide bonds. The van der Waals surface area contributed by atoms with Crippen LogP contribution in [0.3, 0.4) is 0 Å². The van der Waals surface area contributed by atoms with Gasteiger partial charge in [0.2, 0.25) is 0 Å². The molecular weight excluding hydrogens is 138 g/mol. The molecule has 1 heterocycles. The molecule has 0 atom stereocenters. The van der Waals surface area contributed by atoms with E-state index in [1.54, 1.807) is 19.4 Å². The molecule has 11 heavy (non-hydrogen) atoms. The van der Waals surface area contributed by atoms with Gasteiger partial charge in [-0.2, -0.15) is 0 Å². The SMILES string of the molecule is C#Cc1cc(OC)c(C)cn1. The molecule has 2 nitrogen and oxygen atoms in total. The van der Waals surface area contributed by atoms with Crippen molar-refractivity contribution in [2.75, 3.05) is 7.11 Å². The maximum atomic E-state index is 5.16.